The van der Waals surface area contributed by atoms with E-state index in [0.717, 1.165) is 10.4 Å². The van der Waals surface area contributed by atoms with Crippen LogP contribution in [0, 0.1) is 0 Å². The summed E-state index contributed by atoms with van der Waals surface area (Å²) in [5.74, 6) is -1.11. The summed E-state index contributed by atoms with van der Waals surface area (Å²) < 4.78 is 15.9. The van der Waals surface area contributed by atoms with Gasteiger partial charge in [0.25, 0.3) is 0 Å². The van der Waals surface area contributed by atoms with Crippen LogP contribution in [0.15, 0.2) is 47.2 Å². The normalized spacial score (nSPS) is 15.7. The van der Waals surface area contributed by atoms with Crippen LogP contribution in [-0.2, 0) is 19.1 Å². The van der Waals surface area contributed by atoms with E-state index in [2.05, 4.69) is 0 Å². The molecule has 6 nitrogen and oxygen atoms in total. The molecule has 0 bridgehead atoms. The average molecular weight is 387 g/mol. The Balaban J connectivity index is 2.06. The topological polar surface area (TPSA) is 87.9 Å². The van der Waals surface area contributed by atoms with Crippen molar-refractivity contribution in [3.63, 3.8) is 0 Å². The van der Waals surface area contributed by atoms with E-state index in [0.29, 0.717) is 11.3 Å². The summed E-state index contributed by atoms with van der Waals surface area (Å²) in [5, 5.41) is 1.99. The Morgan fingerprint density at radius 2 is 1.96 bits per heavy atom. The maximum absolute atomic E-state index is 12.5. The Hall–Kier alpha value is -2.80. The molecule has 0 saturated carbocycles. The van der Waals surface area contributed by atoms with E-state index in [1.54, 1.807) is 31.3 Å². The molecular formula is C20H21NO5S. The molecule has 0 radical (unpaired) electrons. The number of fused-ring (bicyclic) bond motifs is 1. The van der Waals surface area contributed by atoms with Crippen LogP contribution in [0.4, 0.5) is 0 Å². The van der Waals surface area contributed by atoms with Crippen LogP contribution in [0.5, 0.6) is 5.75 Å². The number of ether oxygens (including phenoxy) is 3. The number of hydrogen-bond donors (Lipinski definition) is 1. The highest BCUT2D eigenvalue weighted by Gasteiger charge is 2.36. The molecule has 1 aromatic heterocycles. The molecule has 3 rings (SSSR count). The van der Waals surface area contributed by atoms with Crippen molar-refractivity contribution in [3.8, 4) is 16.2 Å². The largest absolute Gasteiger partial charge is 0.466 e. The highest BCUT2D eigenvalue weighted by Crippen LogP contribution is 2.43. The van der Waals surface area contributed by atoms with Crippen molar-refractivity contribution in [3.05, 3.63) is 52.7 Å². The van der Waals surface area contributed by atoms with Crippen LogP contribution in [0.1, 0.15) is 31.7 Å². The van der Waals surface area contributed by atoms with Crippen molar-refractivity contribution in [2.45, 2.75) is 26.2 Å². The van der Waals surface area contributed by atoms with E-state index >= 15 is 0 Å². The molecule has 1 aliphatic rings. The Bertz CT molecular complexity index is 873. The molecule has 27 heavy (non-hydrogen) atoms. The van der Waals surface area contributed by atoms with Gasteiger partial charge in [-0.2, -0.15) is 0 Å². The fourth-order valence-electron chi connectivity index (χ4n) is 3.06. The molecule has 0 spiro atoms. The highest BCUT2D eigenvalue weighted by atomic mass is 32.1. The summed E-state index contributed by atoms with van der Waals surface area (Å²) in [6.45, 7) is 3.91. The van der Waals surface area contributed by atoms with Gasteiger partial charge in [-0.05, 0) is 49.1 Å². The van der Waals surface area contributed by atoms with E-state index in [1.807, 2.05) is 29.6 Å². The van der Waals surface area contributed by atoms with Gasteiger partial charge in [-0.3, -0.25) is 4.79 Å². The molecule has 0 saturated heterocycles. The standard InChI is InChI=1S/C20H21NO5S/c1-3-24-17(22)11-14-13-10-12(16-6-5-9-27-16)7-8-15(13)26-19(21)18(14)20(23)25-4-2/h5-10,14H,3-4,11,21H2,1-2H3. The van der Waals surface area contributed by atoms with E-state index in [9.17, 15) is 9.59 Å². The Labute approximate surface area is 161 Å². The van der Waals surface area contributed by atoms with Crippen LogP contribution in [0.3, 0.4) is 0 Å². The van der Waals surface area contributed by atoms with Crippen LogP contribution < -0.4 is 10.5 Å². The molecular weight excluding hydrogens is 366 g/mol. The molecule has 142 valence electrons. The SMILES string of the molecule is CCOC(=O)CC1C(C(=O)OCC)=C(N)Oc2ccc(-c3cccs3)cc21. The van der Waals surface area contributed by atoms with Crippen LogP contribution >= 0.6 is 11.3 Å². The lowest BCUT2D eigenvalue weighted by Gasteiger charge is -2.28. The van der Waals surface area contributed by atoms with Crippen LogP contribution in [0.2, 0.25) is 0 Å². The minimum atomic E-state index is -0.591. The van der Waals surface area contributed by atoms with E-state index in [4.69, 9.17) is 19.9 Å². The lowest BCUT2D eigenvalue weighted by molar-refractivity contribution is -0.143. The Kier molecular flexibility index (Phi) is 5.81. The minimum Gasteiger partial charge on any atom is -0.466 e. The smallest absolute Gasteiger partial charge is 0.340 e. The average Bonchev–Trinajstić information content (AvgIpc) is 3.16. The van der Waals surface area contributed by atoms with E-state index in [1.165, 1.54) is 0 Å². The molecule has 2 heterocycles. The predicted octanol–water partition coefficient (Wildman–Crippen LogP) is 3.58. The summed E-state index contributed by atoms with van der Waals surface area (Å²) >= 11 is 1.60. The number of thiophene rings is 1. The number of nitrogens with two attached hydrogens (primary N) is 1. The van der Waals surface area contributed by atoms with Gasteiger partial charge >= 0.3 is 11.9 Å². The zero-order valence-electron chi connectivity index (χ0n) is 15.2. The zero-order chi connectivity index (χ0) is 19.4. The van der Waals surface area contributed by atoms with Gasteiger partial charge in [0, 0.05) is 16.4 Å². The molecule has 1 unspecified atom stereocenters. The van der Waals surface area contributed by atoms with Crippen molar-refractivity contribution >= 4 is 23.3 Å². The number of hydrogen-bond acceptors (Lipinski definition) is 7. The Morgan fingerprint density at radius 3 is 2.63 bits per heavy atom. The first-order valence-electron chi connectivity index (χ1n) is 8.73. The van der Waals surface area contributed by atoms with Crippen molar-refractivity contribution in [1.29, 1.82) is 0 Å². The van der Waals surface area contributed by atoms with Gasteiger partial charge in [-0.15, -0.1) is 11.3 Å². The second kappa shape index (κ2) is 8.26. The maximum Gasteiger partial charge on any atom is 0.340 e. The van der Waals surface area contributed by atoms with Gasteiger partial charge in [-0.1, -0.05) is 6.07 Å². The monoisotopic (exact) mass is 387 g/mol. The molecule has 7 heteroatoms. The van der Waals surface area contributed by atoms with Gasteiger partial charge < -0.3 is 19.9 Å². The first kappa shape index (κ1) is 19.0. The first-order chi connectivity index (χ1) is 13.0. The van der Waals surface area contributed by atoms with Crippen LogP contribution in [0.25, 0.3) is 10.4 Å². The van der Waals surface area contributed by atoms with Gasteiger partial charge in [0.05, 0.1) is 19.6 Å². The number of esters is 2. The minimum absolute atomic E-state index is 0.0209. The molecule has 2 aromatic rings. The van der Waals surface area contributed by atoms with Crippen LogP contribution in [-0.4, -0.2) is 25.2 Å². The number of carbonyl (C=O) groups excluding carboxylic acids is 2. The van der Waals surface area contributed by atoms with Crippen molar-refractivity contribution < 1.29 is 23.8 Å². The summed E-state index contributed by atoms with van der Waals surface area (Å²) in [5.41, 5.74) is 7.85. The van der Waals surface area contributed by atoms with Crippen molar-refractivity contribution in [2.75, 3.05) is 13.2 Å². The fraction of sp³-hybridized carbons (Fsp3) is 0.300. The van der Waals surface area contributed by atoms with E-state index in [-0.39, 0.29) is 31.1 Å². The Morgan fingerprint density at radius 1 is 1.19 bits per heavy atom. The molecule has 1 aliphatic heterocycles. The quantitative estimate of drug-likeness (QED) is 0.762. The lowest BCUT2D eigenvalue weighted by Crippen LogP contribution is -2.28. The second-order valence-electron chi connectivity index (χ2n) is 5.89. The molecule has 1 aromatic carbocycles. The maximum atomic E-state index is 12.5. The summed E-state index contributed by atoms with van der Waals surface area (Å²) in [4.78, 5) is 25.8. The molecule has 0 aliphatic carbocycles. The summed E-state index contributed by atoms with van der Waals surface area (Å²) in [6.07, 6.45) is -0.0209. The third kappa shape index (κ3) is 3.98. The highest BCUT2D eigenvalue weighted by molar-refractivity contribution is 7.13. The van der Waals surface area contributed by atoms with Gasteiger partial charge in [0.15, 0.2) is 0 Å². The predicted molar refractivity (Wildman–Crippen MR) is 102 cm³/mol. The van der Waals surface area contributed by atoms with Gasteiger partial charge in [-0.25, -0.2) is 4.79 Å². The fourth-order valence-corrected chi connectivity index (χ4v) is 3.78. The molecule has 2 N–H and O–H groups in total. The van der Waals surface area contributed by atoms with Crippen molar-refractivity contribution in [1.82, 2.24) is 0 Å². The number of benzene rings is 1. The first-order valence-corrected chi connectivity index (χ1v) is 9.61. The lowest BCUT2D eigenvalue weighted by atomic mass is 9.85. The second-order valence-corrected chi connectivity index (χ2v) is 6.84. The summed E-state index contributed by atoms with van der Waals surface area (Å²) in [6, 6.07) is 9.63. The third-order valence-corrected chi connectivity index (χ3v) is 5.12. The van der Waals surface area contributed by atoms with Gasteiger partial charge in [0.1, 0.15) is 11.3 Å². The zero-order valence-corrected chi connectivity index (χ0v) is 16.0. The molecule has 0 fully saturated rings. The van der Waals surface area contributed by atoms with E-state index < -0.39 is 17.9 Å². The third-order valence-electron chi connectivity index (χ3n) is 4.20. The number of rotatable bonds is 6. The molecule has 0 amide bonds. The van der Waals surface area contributed by atoms with Crippen molar-refractivity contribution in [2.24, 2.45) is 5.73 Å². The number of carbonyl (C=O) groups is 2. The summed E-state index contributed by atoms with van der Waals surface area (Å²) in [7, 11) is 0. The van der Waals surface area contributed by atoms with Gasteiger partial charge in [0.2, 0.25) is 5.88 Å². The molecule has 1 atom stereocenters.